The zero-order valence-corrected chi connectivity index (χ0v) is 14.5. The lowest BCUT2D eigenvalue weighted by Crippen LogP contribution is -2.25. The summed E-state index contributed by atoms with van der Waals surface area (Å²) in [6, 6.07) is 0. The molecule has 0 aromatic carbocycles. The molecule has 1 amide bonds. The summed E-state index contributed by atoms with van der Waals surface area (Å²) in [4.78, 5) is 33.6. The third-order valence-electron chi connectivity index (χ3n) is 3.79. The molecule has 0 saturated heterocycles. The van der Waals surface area contributed by atoms with Crippen molar-refractivity contribution in [3.8, 4) is 0 Å². The number of amidine groups is 1. The van der Waals surface area contributed by atoms with Crippen LogP contribution in [-0.4, -0.2) is 34.4 Å². The molecule has 122 valence electrons. The third kappa shape index (κ3) is 3.77. The van der Waals surface area contributed by atoms with E-state index in [1.54, 1.807) is 24.8 Å². The lowest BCUT2D eigenvalue weighted by atomic mass is 9.89. The Morgan fingerprint density at radius 3 is 3.04 bits per heavy atom. The minimum Gasteiger partial charge on any atom is -0.463 e. The Balaban J connectivity index is 1.60. The fourth-order valence-corrected chi connectivity index (χ4v) is 4.86. The maximum Gasteiger partial charge on any atom is 0.330 e. The Morgan fingerprint density at radius 1 is 1.39 bits per heavy atom. The number of aliphatic imine (C=N–C) groups is 2. The van der Waals surface area contributed by atoms with E-state index < -0.39 is 0 Å². The lowest BCUT2D eigenvalue weighted by molar-refractivity contribution is -0.137. The molecule has 1 unspecified atom stereocenters. The van der Waals surface area contributed by atoms with Gasteiger partial charge in [0.15, 0.2) is 5.17 Å². The summed E-state index contributed by atoms with van der Waals surface area (Å²) in [6.07, 6.45) is 7.50. The normalized spacial score (nSPS) is 23.5. The van der Waals surface area contributed by atoms with Crippen molar-refractivity contribution in [1.29, 1.82) is 0 Å². The van der Waals surface area contributed by atoms with E-state index >= 15 is 0 Å². The van der Waals surface area contributed by atoms with Gasteiger partial charge in [-0.2, -0.15) is 4.99 Å². The molecule has 0 aromatic rings. The zero-order chi connectivity index (χ0) is 16.2. The van der Waals surface area contributed by atoms with Crippen LogP contribution >= 0.6 is 23.5 Å². The molecule has 2 aliphatic heterocycles. The predicted molar refractivity (Wildman–Crippen MR) is 94.7 cm³/mol. The maximum absolute atomic E-state index is 12.3. The highest BCUT2D eigenvalue weighted by atomic mass is 32.2. The molecule has 0 N–H and O–H groups in total. The molecule has 7 heteroatoms. The van der Waals surface area contributed by atoms with E-state index in [4.69, 9.17) is 4.74 Å². The second-order valence-corrected chi connectivity index (χ2v) is 7.44. The van der Waals surface area contributed by atoms with Crippen LogP contribution in [0.15, 0.2) is 32.6 Å². The number of carbonyl (C=O) groups excluding carboxylic acids is 2. The largest absolute Gasteiger partial charge is 0.463 e. The number of fused-ring (bicyclic) bond motifs is 2. The van der Waals surface area contributed by atoms with Crippen molar-refractivity contribution in [2.75, 3.05) is 12.4 Å². The molecule has 23 heavy (non-hydrogen) atoms. The molecule has 1 aliphatic carbocycles. The van der Waals surface area contributed by atoms with Gasteiger partial charge in [0, 0.05) is 11.8 Å². The van der Waals surface area contributed by atoms with E-state index in [9.17, 15) is 9.59 Å². The summed E-state index contributed by atoms with van der Waals surface area (Å²) in [5.41, 5.74) is 1.25. The van der Waals surface area contributed by atoms with Crippen LogP contribution in [0.2, 0.25) is 0 Å². The summed E-state index contributed by atoms with van der Waals surface area (Å²) in [5, 5.41) is 1.37. The number of hydrogen-bond acceptors (Lipinski definition) is 6. The predicted octanol–water partition coefficient (Wildman–Crippen LogP) is 3.32. The standard InChI is InChI=1S/C16H18N2O3S2/c1-2-21-12(19)8-5-9-22-16-17-14(20)13-10-6-3-4-7-11(10)23-15(13)18-16/h5,8,13H,2-4,6-7,9H2,1H3/b8-5+. The number of allylic oxidation sites excluding steroid dienone is 1. The number of rotatable bonds is 4. The van der Waals surface area contributed by atoms with Gasteiger partial charge in [-0.1, -0.05) is 29.6 Å². The first-order valence-corrected chi connectivity index (χ1v) is 9.56. The van der Waals surface area contributed by atoms with Crippen molar-refractivity contribution in [3.63, 3.8) is 0 Å². The van der Waals surface area contributed by atoms with Crippen LogP contribution in [0.1, 0.15) is 32.6 Å². The highest BCUT2D eigenvalue weighted by Gasteiger charge is 2.40. The van der Waals surface area contributed by atoms with Gasteiger partial charge in [-0.15, -0.1) is 0 Å². The first kappa shape index (κ1) is 16.5. The number of ether oxygens (including phenoxy) is 1. The van der Waals surface area contributed by atoms with Gasteiger partial charge in [0.05, 0.1) is 11.7 Å². The highest BCUT2D eigenvalue weighted by Crippen LogP contribution is 2.47. The number of nitrogens with zero attached hydrogens (tertiary/aromatic N) is 2. The van der Waals surface area contributed by atoms with Crippen molar-refractivity contribution in [2.24, 2.45) is 15.9 Å². The molecule has 0 saturated carbocycles. The SMILES string of the molecule is CCOC(=O)/C=C/CSC1=NC(=O)C2C(=N1)SC1=C2CCCC1. The van der Waals surface area contributed by atoms with Crippen molar-refractivity contribution in [1.82, 2.24) is 0 Å². The minimum atomic E-state index is -0.357. The number of amides is 1. The molecular formula is C16H18N2O3S2. The van der Waals surface area contributed by atoms with Crippen LogP contribution < -0.4 is 0 Å². The Bertz CT molecular complexity index is 650. The molecule has 0 radical (unpaired) electrons. The number of esters is 1. The lowest BCUT2D eigenvalue weighted by Gasteiger charge is -2.17. The second-order valence-electron chi connectivity index (χ2n) is 5.34. The van der Waals surface area contributed by atoms with Crippen LogP contribution in [0, 0.1) is 5.92 Å². The van der Waals surface area contributed by atoms with Gasteiger partial charge in [0.1, 0.15) is 5.92 Å². The Labute approximate surface area is 143 Å². The number of hydrogen-bond donors (Lipinski definition) is 0. The molecular weight excluding hydrogens is 332 g/mol. The summed E-state index contributed by atoms with van der Waals surface area (Å²) < 4.78 is 4.81. The van der Waals surface area contributed by atoms with Gasteiger partial charge < -0.3 is 4.74 Å². The smallest absolute Gasteiger partial charge is 0.330 e. The van der Waals surface area contributed by atoms with Gasteiger partial charge >= 0.3 is 5.97 Å². The third-order valence-corrected chi connectivity index (χ3v) is 5.84. The van der Waals surface area contributed by atoms with E-state index in [1.165, 1.54) is 34.7 Å². The monoisotopic (exact) mass is 350 g/mol. The van der Waals surface area contributed by atoms with E-state index in [0.717, 1.165) is 24.3 Å². The van der Waals surface area contributed by atoms with Crippen molar-refractivity contribution >= 4 is 45.6 Å². The Hall–Kier alpha value is -1.34. The molecule has 3 aliphatic rings. The quantitative estimate of drug-likeness (QED) is 0.575. The van der Waals surface area contributed by atoms with Crippen LogP contribution in [-0.2, 0) is 14.3 Å². The van der Waals surface area contributed by atoms with Crippen LogP contribution in [0.4, 0.5) is 0 Å². The van der Waals surface area contributed by atoms with Crippen molar-refractivity contribution < 1.29 is 14.3 Å². The molecule has 0 fully saturated rings. The summed E-state index contributed by atoms with van der Waals surface area (Å²) in [5.74, 6) is -0.130. The molecule has 1 atom stereocenters. The van der Waals surface area contributed by atoms with E-state index in [2.05, 4.69) is 9.98 Å². The summed E-state index contributed by atoms with van der Waals surface area (Å²) >= 11 is 3.02. The molecule has 0 bridgehead atoms. The van der Waals surface area contributed by atoms with Crippen LogP contribution in [0.25, 0.3) is 0 Å². The fourth-order valence-electron chi connectivity index (χ4n) is 2.80. The number of thioether (sulfide) groups is 2. The zero-order valence-electron chi connectivity index (χ0n) is 12.9. The second kappa shape index (κ2) is 7.49. The van der Waals surface area contributed by atoms with E-state index in [-0.39, 0.29) is 17.8 Å². The molecule has 0 aromatic heterocycles. The summed E-state index contributed by atoms with van der Waals surface area (Å²) in [7, 11) is 0. The molecule has 3 rings (SSSR count). The van der Waals surface area contributed by atoms with Gasteiger partial charge in [0.2, 0.25) is 0 Å². The van der Waals surface area contributed by atoms with E-state index in [0.29, 0.717) is 17.5 Å². The van der Waals surface area contributed by atoms with Gasteiger partial charge in [-0.3, -0.25) is 4.79 Å². The van der Waals surface area contributed by atoms with Gasteiger partial charge in [-0.25, -0.2) is 9.79 Å². The van der Waals surface area contributed by atoms with Gasteiger partial charge in [-0.05, 0) is 43.1 Å². The average Bonchev–Trinajstić information content (AvgIpc) is 2.90. The Morgan fingerprint density at radius 2 is 2.22 bits per heavy atom. The minimum absolute atomic E-state index is 0.0914. The van der Waals surface area contributed by atoms with Crippen molar-refractivity contribution in [3.05, 3.63) is 22.6 Å². The topological polar surface area (TPSA) is 68.1 Å². The average molecular weight is 350 g/mol. The molecule has 5 nitrogen and oxygen atoms in total. The van der Waals surface area contributed by atoms with Crippen LogP contribution in [0.5, 0.6) is 0 Å². The summed E-state index contributed by atoms with van der Waals surface area (Å²) in [6.45, 7) is 2.13. The highest BCUT2D eigenvalue weighted by molar-refractivity contribution is 8.18. The number of carbonyl (C=O) groups is 2. The van der Waals surface area contributed by atoms with E-state index in [1.807, 2.05) is 0 Å². The van der Waals surface area contributed by atoms with Crippen molar-refractivity contribution in [2.45, 2.75) is 32.6 Å². The first-order chi connectivity index (χ1) is 11.2. The van der Waals surface area contributed by atoms with Gasteiger partial charge in [0.25, 0.3) is 5.91 Å². The maximum atomic E-state index is 12.3. The Kier molecular flexibility index (Phi) is 5.38. The van der Waals surface area contributed by atoms with Crippen LogP contribution in [0.3, 0.4) is 0 Å². The molecule has 0 spiro atoms. The first-order valence-electron chi connectivity index (χ1n) is 7.76. The fraction of sp³-hybridized carbons (Fsp3) is 0.500. The molecule has 2 heterocycles.